The summed E-state index contributed by atoms with van der Waals surface area (Å²) in [6, 6.07) is 0.988. The summed E-state index contributed by atoms with van der Waals surface area (Å²) in [5.74, 6) is -0.741. The Bertz CT molecular complexity index is 263. The van der Waals surface area contributed by atoms with Gasteiger partial charge in [0.05, 0.1) is 6.07 Å². The van der Waals surface area contributed by atoms with Crippen molar-refractivity contribution in [3.63, 3.8) is 0 Å². The van der Waals surface area contributed by atoms with Crippen LogP contribution in [0.15, 0.2) is 0 Å². The maximum absolute atomic E-state index is 11.1. The molecule has 2 N–H and O–H groups in total. The van der Waals surface area contributed by atoms with Gasteiger partial charge in [-0.25, -0.2) is 4.79 Å². The standard InChI is InChI=1S/C9H14N2O3S/c1-15-6-4-7(9(13)14)11-8(12)3-2-5-10/h7H,2-4,6H2,1H3,(H,11,12)(H,13,14)/t7-/m0/s1. The first kappa shape index (κ1) is 13.8. The van der Waals surface area contributed by atoms with E-state index in [2.05, 4.69) is 5.32 Å². The van der Waals surface area contributed by atoms with Crippen LogP contribution in [0.1, 0.15) is 19.3 Å². The summed E-state index contributed by atoms with van der Waals surface area (Å²) in [5.41, 5.74) is 0. The van der Waals surface area contributed by atoms with Gasteiger partial charge in [0.2, 0.25) is 5.91 Å². The summed E-state index contributed by atoms with van der Waals surface area (Å²) < 4.78 is 0. The van der Waals surface area contributed by atoms with Crippen molar-refractivity contribution in [3.8, 4) is 6.07 Å². The first-order valence-corrected chi connectivity index (χ1v) is 5.89. The van der Waals surface area contributed by atoms with Gasteiger partial charge < -0.3 is 10.4 Å². The number of rotatable bonds is 7. The van der Waals surface area contributed by atoms with Crippen molar-refractivity contribution >= 4 is 23.6 Å². The van der Waals surface area contributed by atoms with Crippen molar-refractivity contribution in [2.45, 2.75) is 25.3 Å². The van der Waals surface area contributed by atoms with Crippen molar-refractivity contribution in [3.05, 3.63) is 0 Å². The number of nitriles is 1. The van der Waals surface area contributed by atoms with Gasteiger partial charge in [0, 0.05) is 12.8 Å². The summed E-state index contributed by atoms with van der Waals surface area (Å²) in [5, 5.41) is 19.4. The zero-order valence-electron chi connectivity index (χ0n) is 8.52. The van der Waals surface area contributed by atoms with Gasteiger partial charge in [0.1, 0.15) is 6.04 Å². The second-order valence-corrected chi connectivity index (χ2v) is 3.88. The number of carbonyl (C=O) groups is 2. The largest absolute Gasteiger partial charge is 0.480 e. The maximum Gasteiger partial charge on any atom is 0.326 e. The Balaban J connectivity index is 3.99. The molecule has 0 aliphatic carbocycles. The molecule has 0 saturated carbocycles. The monoisotopic (exact) mass is 230 g/mol. The van der Waals surface area contributed by atoms with Crippen molar-refractivity contribution in [1.82, 2.24) is 5.32 Å². The van der Waals surface area contributed by atoms with E-state index in [4.69, 9.17) is 10.4 Å². The summed E-state index contributed by atoms with van der Waals surface area (Å²) in [6.07, 6.45) is 2.44. The van der Waals surface area contributed by atoms with E-state index in [1.54, 1.807) is 0 Å². The van der Waals surface area contributed by atoms with E-state index in [9.17, 15) is 9.59 Å². The highest BCUT2D eigenvalue weighted by Crippen LogP contribution is 2.01. The molecule has 0 aliphatic rings. The highest BCUT2D eigenvalue weighted by molar-refractivity contribution is 7.98. The predicted octanol–water partition coefficient (Wildman–Crippen LogP) is 0.613. The normalized spacial score (nSPS) is 11.5. The molecule has 5 nitrogen and oxygen atoms in total. The zero-order chi connectivity index (χ0) is 11.7. The Morgan fingerprint density at radius 1 is 1.60 bits per heavy atom. The lowest BCUT2D eigenvalue weighted by Crippen LogP contribution is -2.41. The number of carboxylic acid groups (broad SMARTS) is 1. The molecule has 0 aromatic rings. The van der Waals surface area contributed by atoms with Crippen LogP contribution < -0.4 is 5.32 Å². The van der Waals surface area contributed by atoms with Crippen molar-refractivity contribution in [2.75, 3.05) is 12.0 Å². The van der Waals surface area contributed by atoms with E-state index in [1.165, 1.54) is 11.8 Å². The van der Waals surface area contributed by atoms with Crippen LogP contribution in [0.3, 0.4) is 0 Å². The Morgan fingerprint density at radius 3 is 2.73 bits per heavy atom. The number of carboxylic acids is 1. The number of nitrogens with zero attached hydrogens (tertiary/aromatic N) is 1. The lowest BCUT2D eigenvalue weighted by atomic mass is 10.2. The highest BCUT2D eigenvalue weighted by Gasteiger charge is 2.18. The van der Waals surface area contributed by atoms with Gasteiger partial charge in [-0.1, -0.05) is 0 Å². The molecular weight excluding hydrogens is 216 g/mol. The van der Waals surface area contributed by atoms with Crippen molar-refractivity contribution in [2.24, 2.45) is 0 Å². The number of carbonyl (C=O) groups excluding carboxylic acids is 1. The fourth-order valence-corrected chi connectivity index (χ4v) is 1.40. The van der Waals surface area contributed by atoms with Crippen LogP contribution in [0, 0.1) is 11.3 Å². The number of nitrogens with one attached hydrogen (secondary N) is 1. The van der Waals surface area contributed by atoms with Crippen LogP contribution in [-0.2, 0) is 9.59 Å². The molecular formula is C9H14N2O3S. The highest BCUT2D eigenvalue weighted by atomic mass is 32.2. The number of thioether (sulfide) groups is 1. The third-order valence-corrected chi connectivity index (χ3v) is 2.35. The molecule has 0 fully saturated rings. The van der Waals surface area contributed by atoms with Gasteiger partial charge >= 0.3 is 5.97 Å². The summed E-state index contributed by atoms with van der Waals surface area (Å²) in [6.45, 7) is 0. The van der Waals surface area contributed by atoms with Crippen LogP contribution in [0.2, 0.25) is 0 Å². The third kappa shape index (κ3) is 6.80. The van der Waals surface area contributed by atoms with E-state index in [0.29, 0.717) is 12.2 Å². The summed E-state index contributed by atoms with van der Waals surface area (Å²) in [4.78, 5) is 21.9. The molecule has 0 heterocycles. The van der Waals surface area contributed by atoms with Crippen LogP contribution in [0.5, 0.6) is 0 Å². The molecule has 0 aromatic carbocycles. The van der Waals surface area contributed by atoms with E-state index >= 15 is 0 Å². The molecule has 1 amide bonds. The smallest absolute Gasteiger partial charge is 0.326 e. The van der Waals surface area contributed by atoms with Gasteiger partial charge in [0.25, 0.3) is 0 Å². The van der Waals surface area contributed by atoms with Crippen molar-refractivity contribution in [1.29, 1.82) is 5.26 Å². The van der Waals surface area contributed by atoms with E-state index in [1.807, 2.05) is 12.3 Å². The number of hydrogen-bond donors (Lipinski definition) is 2. The second kappa shape index (κ2) is 8.12. The van der Waals surface area contributed by atoms with Gasteiger partial charge in [-0.05, 0) is 18.4 Å². The van der Waals surface area contributed by atoms with Crippen LogP contribution in [0.25, 0.3) is 0 Å². The molecule has 0 unspecified atom stereocenters. The minimum atomic E-state index is -1.03. The molecule has 15 heavy (non-hydrogen) atoms. The lowest BCUT2D eigenvalue weighted by Gasteiger charge is -2.13. The van der Waals surface area contributed by atoms with Crippen molar-refractivity contribution < 1.29 is 14.7 Å². The maximum atomic E-state index is 11.1. The fourth-order valence-electron chi connectivity index (χ4n) is 0.929. The second-order valence-electron chi connectivity index (χ2n) is 2.90. The molecule has 0 radical (unpaired) electrons. The molecule has 0 saturated heterocycles. The average molecular weight is 230 g/mol. The summed E-state index contributed by atoms with van der Waals surface area (Å²) >= 11 is 1.53. The Kier molecular flexibility index (Phi) is 7.46. The molecule has 0 rings (SSSR count). The quantitative estimate of drug-likeness (QED) is 0.669. The van der Waals surface area contributed by atoms with Gasteiger partial charge in [-0.3, -0.25) is 4.79 Å². The SMILES string of the molecule is CSCC[C@H](NC(=O)CCC#N)C(=O)O. The van der Waals surface area contributed by atoms with Crippen LogP contribution >= 0.6 is 11.8 Å². The number of amides is 1. The lowest BCUT2D eigenvalue weighted by molar-refractivity contribution is -0.141. The molecule has 6 heteroatoms. The molecule has 84 valence electrons. The van der Waals surface area contributed by atoms with Gasteiger partial charge in [-0.2, -0.15) is 17.0 Å². The minimum Gasteiger partial charge on any atom is -0.480 e. The molecule has 1 atom stereocenters. The summed E-state index contributed by atoms with van der Waals surface area (Å²) in [7, 11) is 0. The van der Waals surface area contributed by atoms with E-state index in [0.717, 1.165) is 0 Å². The van der Waals surface area contributed by atoms with Crippen LogP contribution in [0.4, 0.5) is 0 Å². The topological polar surface area (TPSA) is 90.2 Å². The average Bonchev–Trinajstić information content (AvgIpc) is 2.20. The predicted molar refractivity (Wildman–Crippen MR) is 57.4 cm³/mol. The first-order chi connectivity index (χ1) is 7.11. The molecule has 0 aliphatic heterocycles. The van der Waals surface area contributed by atoms with Crippen LogP contribution in [-0.4, -0.2) is 35.0 Å². The van der Waals surface area contributed by atoms with Gasteiger partial charge in [0.15, 0.2) is 0 Å². The Morgan fingerprint density at radius 2 is 2.27 bits per heavy atom. The van der Waals surface area contributed by atoms with E-state index in [-0.39, 0.29) is 18.7 Å². The van der Waals surface area contributed by atoms with Gasteiger partial charge in [-0.15, -0.1) is 0 Å². The third-order valence-electron chi connectivity index (χ3n) is 1.71. The fraction of sp³-hybridized carbons (Fsp3) is 0.667. The molecule has 0 bridgehead atoms. The number of aliphatic carboxylic acids is 1. The number of hydrogen-bond acceptors (Lipinski definition) is 4. The Hall–Kier alpha value is -1.22. The van der Waals surface area contributed by atoms with E-state index < -0.39 is 12.0 Å². The molecule has 0 aromatic heterocycles. The first-order valence-electron chi connectivity index (χ1n) is 4.50. The Labute approximate surface area is 92.8 Å². The zero-order valence-corrected chi connectivity index (χ0v) is 9.34. The minimum absolute atomic E-state index is 0.0551. The molecule has 0 spiro atoms.